The summed E-state index contributed by atoms with van der Waals surface area (Å²) in [5.41, 5.74) is 0. The molecule has 1 rings (SSSR count). The summed E-state index contributed by atoms with van der Waals surface area (Å²) in [4.78, 5) is 4.67. The summed E-state index contributed by atoms with van der Waals surface area (Å²) in [7, 11) is 0. The lowest BCUT2D eigenvalue weighted by Crippen LogP contribution is -2.29. The first kappa shape index (κ1) is 14.2. The van der Waals surface area contributed by atoms with E-state index in [2.05, 4.69) is 44.3 Å². The van der Waals surface area contributed by atoms with Gasteiger partial charge in [0.1, 0.15) is 0 Å². The van der Waals surface area contributed by atoms with Gasteiger partial charge in [0.25, 0.3) is 0 Å². The van der Waals surface area contributed by atoms with Gasteiger partial charge >= 0.3 is 0 Å². The SMILES string of the molecule is CSC(C)(C)CN=C1NC(CC(C)C)CS1. The fraction of sp³-hybridized carbons (Fsp3) is 0.917. The molecule has 1 unspecified atom stereocenters. The molecule has 1 saturated heterocycles. The molecular weight excluding hydrogens is 236 g/mol. The molecule has 0 bridgehead atoms. The molecule has 0 radical (unpaired) electrons. The van der Waals surface area contributed by atoms with Crippen molar-refractivity contribution in [3.8, 4) is 0 Å². The van der Waals surface area contributed by atoms with Crippen LogP contribution < -0.4 is 5.32 Å². The Hall–Kier alpha value is 0.170. The summed E-state index contributed by atoms with van der Waals surface area (Å²) in [6.07, 6.45) is 3.40. The maximum absolute atomic E-state index is 4.67. The third-order valence-corrected chi connectivity index (χ3v) is 4.98. The minimum atomic E-state index is 0.255. The monoisotopic (exact) mass is 260 g/mol. The Labute approximate surface area is 108 Å². The summed E-state index contributed by atoms with van der Waals surface area (Å²) in [5.74, 6) is 1.94. The number of amidine groups is 1. The van der Waals surface area contributed by atoms with Crippen LogP contribution in [0.5, 0.6) is 0 Å². The van der Waals surface area contributed by atoms with Crippen molar-refractivity contribution < 1.29 is 0 Å². The van der Waals surface area contributed by atoms with Crippen molar-refractivity contribution in [2.45, 2.75) is 44.9 Å². The minimum Gasteiger partial charge on any atom is -0.361 e. The standard InChI is InChI=1S/C12H24N2S2/c1-9(2)6-10-7-16-11(14-10)13-8-12(3,4)15-5/h9-10H,6-8H2,1-5H3,(H,13,14). The van der Waals surface area contributed by atoms with Gasteiger partial charge in [0.2, 0.25) is 0 Å². The molecule has 0 saturated carbocycles. The Balaban J connectivity index is 2.38. The van der Waals surface area contributed by atoms with Crippen LogP contribution in [0.15, 0.2) is 4.99 Å². The molecule has 2 nitrogen and oxygen atoms in total. The molecule has 0 aromatic heterocycles. The predicted octanol–water partition coefficient (Wildman–Crippen LogP) is 3.24. The summed E-state index contributed by atoms with van der Waals surface area (Å²) in [5, 5.41) is 4.67. The molecular formula is C12H24N2S2. The van der Waals surface area contributed by atoms with E-state index in [-0.39, 0.29) is 4.75 Å². The topological polar surface area (TPSA) is 24.4 Å². The fourth-order valence-electron chi connectivity index (χ4n) is 1.55. The van der Waals surface area contributed by atoms with Gasteiger partial charge in [0.15, 0.2) is 5.17 Å². The molecule has 16 heavy (non-hydrogen) atoms. The highest BCUT2D eigenvalue weighted by molar-refractivity contribution is 8.14. The Morgan fingerprint density at radius 3 is 2.81 bits per heavy atom. The van der Waals surface area contributed by atoms with Crippen LogP contribution in [0.4, 0.5) is 0 Å². The number of hydrogen-bond acceptors (Lipinski definition) is 3. The molecule has 1 N–H and O–H groups in total. The second kappa shape index (κ2) is 6.20. The lowest BCUT2D eigenvalue weighted by atomic mass is 10.1. The quantitative estimate of drug-likeness (QED) is 0.821. The Morgan fingerprint density at radius 1 is 1.56 bits per heavy atom. The molecule has 0 spiro atoms. The van der Waals surface area contributed by atoms with E-state index in [9.17, 15) is 0 Å². The zero-order valence-electron chi connectivity index (χ0n) is 11.0. The van der Waals surface area contributed by atoms with Gasteiger partial charge in [-0.25, -0.2) is 0 Å². The Bertz CT molecular complexity index is 249. The van der Waals surface area contributed by atoms with Crippen LogP contribution in [-0.4, -0.2) is 34.5 Å². The zero-order valence-corrected chi connectivity index (χ0v) is 12.7. The van der Waals surface area contributed by atoms with E-state index in [0.717, 1.165) is 17.6 Å². The number of aliphatic imine (C=N–C) groups is 1. The molecule has 0 amide bonds. The smallest absolute Gasteiger partial charge is 0.156 e. The normalized spacial score (nSPS) is 24.1. The molecule has 0 aliphatic carbocycles. The molecule has 0 aromatic rings. The van der Waals surface area contributed by atoms with Crippen LogP contribution in [0.3, 0.4) is 0 Å². The largest absolute Gasteiger partial charge is 0.361 e. The lowest BCUT2D eigenvalue weighted by molar-refractivity contribution is 0.502. The Kier molecular flexibility index (Phi) is 5.51. The number of nitrogens with zero attached hydrogens (tertiary/aromatic N) is 1. The van der Waals surface area contributed by atoms with E-state index in [1.165, 1.54) is 12.2 Å². The third-order valence-electron chi connectivity index (χ3n) is 2.66. The van der Waals surface area contributed by atoms with Crippen LogP contribution in [0.2, 0.25) is 0 Å². The first-order chi connectivity index (χ1) is 7.43. The molecule has 1 aliphatic heterocycles. The molecule has 1 fully saturated rings. The number of thioether (sulfide) groups is 2. The van der Waals surface area contributed by atoms with Crippen LogP contribution >= 0.6 is 23.5 Å². The number of nitrogens with one attached hydrogen (secondary N) is 1. The van der Waals surface area contributed by atoms with Crippen LogP contribution in [0, 0.1) is 5.92 Å². The molecule has 1 atom stereocenters. The van der Waals surface area contributed by atoms with Crippen molar-refractivity contribution in [3.63, 3.8) is 0 Å². The van der Waals surface area contributed by atoms with Crippen LogP contribution in [0.1, 0.15) is 34.1 Å². The van der Waals surface area contributed by atoms with Gasteiger partial charge in [-0.2, -0.15) is 11.8 Å². The summed E-state index contributed by atoms with van der Waals surface area (Å²) in [6.45, 7) is 9.94. The highest BCUT2D eigenvalue weighted by Gasteiger charge is 2.22. The van der Waals surface area contributed by atoms with Gasteiger partial charge in [0, 0.05) is 16.5 Å². The summed E-state index contributed by atoms with van der Waals surface area (Å²) < 4.78 is 0.255. The zero-order chi connectivity index (χ0) is 12.2. The van der Waals surface area contributed by atoms with Crippen LogP contribution in [-0.2, 0) is 0 Å². The number of rotatable bonds is 5. The molecule has 1 heterocycles. The van der Waals surface area contributed by atoms with E-state index in [4.69, 9.17) is 0 Å². The molecule has 94 valence electrons. The molecule has 0 aromatic carbocycles. The minimum absolute atomic E-state index is 0.255. The Morgan fingerprint density at radius 2 is 2.25 bits per heavy atom. The van der Waals surface area contributed by atoms with Crippen LogP contribution in [0.25, 0.3) is 0 Å². The van der Waals surface area contributed by atoms with E-state index in [1.807, 2.05) is 23.5 Å². The van der Waals surface area contributed by atoms with E-state index >= 15 is 0 Å². The van der Waals surface area contributed by atoms with Crippen molar-refractivity contribution in [1.82, 2.24) is 5.32 Å². The lowest BCUT2D eigenvalue weighted by Gasteiger charge is -2.19. The maximum Gasteiger partial charge on any atom is 0.156 e. The summed E-state index contributed by atoms with van der Waals surface area (Å²) >= 11 is 3.75. The average Bonchev–Trinajstić information content (AvgIpc) is 2.62. The van der Waals surface area contributed by atoms with E-state index < -0.39 is 0 Å². The van der Waals surface area contributed by atoms with Crippen molar-refractivity contribution in [2.24, 2.45) is 10.9 Å². The van der Waals surface area contributed by atoms with Crippen molar-refractivity contribution in [2.75, 3.05) is 18.6 Å². The molecule has 1 aliphatic rings. The third kappa shape index (κ3) is 5.00. The van der Waals surface area contributed by atoms with Gasteiger partial charge in [0.05, 0.1) is 6.54 Å². The maximum atomic E-state index is 4.67. The second-order valence-electron chi connectivity index (χ2n) is 5.37. The van der Waals surface area contributed by atoms with Gasteiger partial charge in [-0.05, 0) is 32.4 Å². The van der Waals surface area contributed by atoms with E-state index in [1.54, 1.807) is 0 Å². The first-order valence-electron chi connectivity index (χ1n) is 5.92. The van der Waals surface area contributed by atoms with E-state index in [0.29, 0.717) is 6.04 Å². The van der Waals surface area contributed by atoms with Gasteiger partial charge in [-0.3, -0.25) is 4.99 Å². The predicted molar refractivity (Wildman–Crippen MR) is 78.7 cm³/mol. The highest BCUT2D eigenvalue weighted by Crippen LogP contribution is 2.23. The van der Waals surface area contributed by atoms with Gasteiger partial charge in [-0.15, -0.1) is 0 Å². The average molecular weight is 260 g/mol. The first-order valence-corrected chi connectivity index (χ1v) is 8.13. The fourth-order valence-corrected chi connectivity index (χ4v) is 2.73. The van der Waals surface area contributed by atoms with Gasteiger partial charge < -0.3 is 5.32 Å². The van der Waals surface area contributed by atoms with Crippen molar-refractivity contribution in [3.05, 3.63) is 0 Å². The van der Waals surface area contributed by atoms with Gasteiger partial charge in [-0.1, -0.05) is 25.6 Å². The van der Waals surface area contributed by atoms with Crippen molar-refractivity contribution >= 4 is 28.7 Å². The second-order valence-corrected chi connectivity index (χ2v) is 7.89. The number of hydrogen-bond donors (Lipinski definition) is 1. The summed E-state index contributed by atoms with van der Waals surface area (Å²) in [6, 6.07) is 0.626. The van der Waals surface area contributed by atoms with Crippen molar-refractivity contribution in [1.29, 1.82) is 0 Å². The highest BCUT2D eigenvalue weighted by atomic mass is 32.2. The molecule has 4 heteroatoms.